The third-order valence-electron chi connectivity index (χ3n) is 4.22. The predicted molar refractivity (Wildman–Crippen MR) is 101 cm³/mol. The first-order chi connectivity index (χ1) is 11.7. The average molecular weight is 357 g/mol. The number of thiophene rings is 1. The largest absolute Gasteiger partial charge is 0.317 e. The first-order valence-electron chi connectivity index (χ1n) is 8.19. The Hall–Kier alpha value is -1.77. The molecule has 1 unspecified atom stereocenters. The second kappa shape index (κ2) is 7.87. The number of fused-ring (bicyclic) bond motifs is 1. The number of nitrogens with one attached hydrogen (secondary N) is 1. The second-order valence-electron chi connectivity index (χ2n) is 6.13. The Morgan fingerprint density at radius 3 is 2.96 bits per heavy atom. The van der Waals surface area contributed by atoms with Crippen molar-refractivity contribution in [3.05, 3.63) is 46.3 Å². The summed E-state index contributed by atoms with van der Waals surface area (Å²) in [6.45, 7) is 2.24. The first kappa shape index (κ1) is 17.1. The van der Waals surface area contributed by atoms with Crippen molar-refractivity contribution in [3.8, 4) is 6.07 Å². The summed E-state index contributed by atoms with van der Waals surface area (Å²) in [4.78, 5) is 14.7. The van der Waals surface area contributed by atoms with E-state index >= 15 is 0 Å². The van der Waals surface area contributed by atoms with Gasteiger partial charge >= 0.3 is 0 Å². The average Bonchev–Trinajstić information content (AvgIpc) is 2.91. The summed E-state index contributed by atoms with van der Waals surface area (Å²) in [5.41, 5.74) is 1.85. The van der Waals surface area contributed by atoms with Gasteiger partial charge < -0.3 is 5.32 Å². The number of nitrogens with zero attached hydrogens (tertiary/aromatic N) is 1. The highest BCUT2D eigenvalue weighted by Crippen LogP contribution is 2.39. The Balaban J connectivity index is 1.59. The molecule has 0 fully saturated rings. The summed E-state index contributed by atoms with van der Waals surface area (Å²) in [5.74, 6) is 1.38. The number of carbonyl (C=O) groups is 1. The summed E-state index contributed by atoms with van der Waals surface area (Å²) in [6.07, 6.45) is 3.55. The molecule has 3 rings (SSSR count). The van der Waals surface area contributed by atoms with E-state index in [1.54, 1.807) is 23.1 Å². The highest BCUT2D eigenvalue weighted by molar-refractivity contribution is 7.99. The van der Waals surface area contributed by atoms with Crippen LogP contribution in [0.25, 0.3) is 0 Å². The van der Waals surface area contributed by atoms with Crippen LogP contribution in [0.5, 0.6) is 0 Å². The van der Waals surface area contributed by atoms with Crippen LogP contribution in [0.1, 0.15) is 35.8 Å². The third kappa shape index (κ3) is 4.00. The standard InChI is InChI=1S/C19H20N2OS2/c1-13-7-8-15-16(12-20)19(24-17(15)11-13)21-18(22)9-10-23-14-5-3-2-4-6-14/h2-6,13H,7-11H2,1H3,(H,21,22). The zero-order chi connectivity index (χ0) is 16.9. The highest BCUT2D eigenvalue weighted by Gasteiger charge is 2.24. The molecule has 0 saturated heterocycles. The van der Waals surface area contributed by atoms with E-state index in [-0.39, 0.29) is 5.91 Å². The van der Waals surface area contributed by atoms with Crippen LogP contribution in [0.2, 0.25) is 0 Å². The molecule has 3 nitrogen and oxygen atoms in total. The van der Waals surface area contributed by atoms with Gasteiger partial charge in [-0.3, -0.25) is 4.79 Å². The van der Waals surface area contributed by atoms with Crippen molar-refractivity contribution in [2.75, 3.05) is 11.1 Å². The number of anilines is 1. The van der Waals surface area contributed by atoms with Crippen molar-refractivity contribution in [2.45, 2.75) is 37.5 Å². The van der Waals surface area contributed by atoms with Gasteiger partial charge in [-0.15, -0.1) is 23.1 Å². The molecule has 1 atom stereocenters. The number of hydrogen-bond donors (Lipinski definition) is 1. The lowest BCUT2D eigenvalue weighted by Gasteiger charge is -2.17. The molecule has 0 radical (unpaired) electrons. The van der Waals surface area contributed by atoms with Crippen molar-refractivity contribution < 1.29 is 4.79 Å². The third-order valence-corrected chi connectivity index (χ3v) is 6.40. The van der Waals surface area contributed by atoms with Crippen LogP contribution in [0.3, 0.4) is 0 Å². The van der Waals surface area contributed by atoms with Crippen LogP contribution >= 0.6 is 23.1 Å². The molecule has 5 heteroatoms. The van der Waals surface area contributed by atoms with Crippen LogP contribution in [-0.4, -0.2) is 11.7 Å². The topological polar surface area (TPSA) is 52.9 Å². The lowest BCUT2D eigenvalue weighted by atomic mass is 9.89. The molecule has 1 amide bonds. The molecule has 0 saturated carbocycles. The van der Waals surface area contributed by atoms with Crippen molar-refractivity contribution in [1.29, 1.82) is 5.26 Å². The van der Waals surface area contributed by atoms with Gasteiger partial charge in [0.15, 0.2) is 0 Å². The number of nitriles is 1. The lowest BCUT2D eigenvalue weighted by molar-refractivity contribution is -0.115. The van der Waals surface area contributed by atoms with E-state index in [1.807, 2.05) is 30.3 Å². The number of carbonyl (C=O) groups excluding carboxylic acids is 1. The van der Waals surface area contributed by atoms with Gasteiger partial charge in [-0.25, -0.2) is 0 Å². The van der Waals surface area contributed by atoms with Gasteiger partial charge in [0.1, 0.15) is 11.1 Å². The fourth-order valence-corrected chi connectivity index (χ4v) is 5.17. The van der Waals surface area contributed by atoms with E-state index in [0.29, 0.717) is 17.9 Å². The van der Waals surface area contributed by atoms with Crippen molar-refractivity contribution in [3.63, 3.8) is 0 Å². The van der Waals surface area contributed by atoms with E-state index in [9.17, 15) is 10.1 Å². The molecular formula is C19H20N2OS2. The Morgan fingerprint density at radius 1 is 1.42 bits per heavy atom. The first-order valence-corrected chi connectivity index (χ1v) is 10.00. The van der Waals surface area contributed by atoms with Gasteiger partial charge in [-0.2, -0.15) is 5.26 Å². The summed E-state index contributed by atoms with van der Waals surface area (Å²) in [7, 11) is 0. The van der Waals surface area contributed by atoms with Crippen LogP contribution < -0.4 is 5.32 Å². The summed E-state index contributed by atoms with van der Waals surface area (Å²) < 4.78 is 0. The Kier molecular flexibility index (Phi) is 5.60. The van der Waals surface area contributed by atoms with Crippen LogP contribution in [0.4, 0.5) is 5.00 Å². The normalized spacial score (nSPS) is 16.2. The molecule has 2 aromatic rings. The highest BCUT2D eigenvalue weighted by atomic mass is 32.2. The minimum absolute atomic E-state index is 0.0124. The molecule has 0 spiro atoms. The monoisotopic (exact) mass is 356 g/mol. The van der Waals surface area contributed by atoms with Crippen LogP contribution in [0, 0.1) is 17.2 Å². The molecule has 1 aromatic carbocycles. The molecule has 24 heavy (non-hydrogen) atoms. The second-order valence-corrected chi connectivity index (χ2v) is 8.40. The molecule has 124 valence electrons. The maximum Gasteiger partial charge on any atom is 0.225 e. The molecule has 1 N–H and O–H groups in total. The summed E-state index contributed by atoms with van der Waals surface area (Å²) >= 11 is 3.26. The fourth-order valence-electron chi connectivity index (χ4n) is 2.92. The maximum absolute atomic E-state index is 12.2. The molecule has 1 aliphatic rings. The van der Waals surface area contributed by atoms with Crippen LogP contribution in [0.15, 0.2) is 35.2 Å². The number of hydrogen-bond acceptors (Lipinski definition) is 4. The van der Waals surface area contributed by atoms with E-state index in [4.69, 9.17) is 0 Å². The predicted octanol–water partition coefficient (Wildman–Crippen LogP) is 4.87. The maximum atomic E-state index is 12.2. The molecule has 1 heterocycles. The quantitative estimate of drug-likeness (QED) is 0.778. The molecule has 1 aliphatic carbocycles. The van der Waals surface area contributed by atoms with Crippen LogP contribution in [-0.2, 0) is 17.6 Å². The summed E-state index contributed by atoms with van der Waals surface area (Å²) in [6, 6.07) is 12.4. The zero-order valence-corrected chi connectivity index (χ0v) is 15.3. The Labute approximate surface area is 151 Å². The SMILES string of the molecule is CC1CCc2c(sc(NC(=O)CCSc3ccccc3)c2C#N)C1. The molecule has 0 aliphatic heterocycles. The summed E-state index contributed by atoms with van der Waals surface area (Å²) in [5, 5.41) is 13.2. The Bertz CT molecular complexity index is 762. The van der Waals surface area contributed by atoms with Gasteiger partial charge in [-0.1, -0.05) is 25.1 Å². The van der Waals surface area contributed by atoms with E-state index in [2.05, 4.69) is 18.3 Å². The van der Waals surface area contributed by atoms with Gasteiger partial charge in [0.2, 0.25) is 5.91 Å². The zero-order valence-electron chi connectivity index (χ0n) is 13.7. The van der Waals surface area contributed by atoms with Gasteiger partial charge in [0.25, 0.3) is 0 Å². The van der Waals surface area contributed by atoms with E-state index in [0.717, 1.165) is 35.6 Å². The van der Waals surface area contributed by atoms with Crippen molar-refractivity contribution >= 4 is 34.0 Å². The van der Waals surface area contributed by atoms with E-state index in [1.165, 1.54) is 9.77 Å². The Morgan fingerprint density at radius 2 is 2.21 bits per heavy atom. The smallest absolute Gasteiger partial charge is 0.225 e. The molecular weight excluding hydrogens is 336 g/mol. The minimum atomic E-state index is -0.0124. The lowest BCUT2D eigenvalue weighted by Crippen LogP contribution is -2.12. The van der Waals surface area contributed by atoms with Gasteiger partial charge in [-0.05, 0) is 42.9 Å². The number of amides is 1. The molecule has 0 bridgehead atoms. The minimum Gasteiger partial charge on any atom is -0.317 e. The van der Waals surface area contributed by atoms with Crippen molar-refractivity contribution in [1.82, 2.24) is 0 Å². The van der Waals surface area contributed by atoms with Gasteiger partial charge in [0.05, 0.1) is 5.56 Å². The molecule has 1 aromatic heterocycles. The number of rotatable bonds is 5. The fraction of sp³-hybridized carbons (Fsp3) is 0.368. The van der Waals surface area contributed by atoms with Crippen molar-refractivity contribution in [2.24, 2.45) is 5.92 Å². The number of benzene rings is 1. The van der Waals surface area contributed by atoms with E-state index < -0.39 is 0 Å². The number of thioether (sulfide) groups is 1. The van der Waals surface area contributed by atoms with Gasteiger partial charge in [0, 0.05) is 21.9 Å².